The van der Waals surface area contributed by atoms with Crippen molar-refractivity contribution in [2.75, 3.05) is 39.2 Å². The van der Waals surface area contributed by atoms with Gasteiger partial charge in [-0.05, 0) is 60.0 Å². The molecule has 0 aliphatic carbocycles. The number of aliphatic hydroxyl groups excluding tert-OH is 2. The fraction of sp³-hybridized carbons (Fsp3) is 0.297. The van der Waals surface area contributed by atoms with Crippen molar-refractivity contribution in [2.45, 2.75) is 41.5 Å². The molecule has 0 saturated carbocycles. The van der Waals surface area contributed by atoms with Crippen LogP contribution in [0, 0.1) is 0 Å². The van der Waals surface area contributed by atoms with Crippen molar-refractivity contribution in [2.24, 2.45) is 0 Å². The maximum atomic E-state index is 15.6. The molecule has 0 radical (unpaired) electrons. The summed E-state index contributed by atoms with van der Waals surface area (Å²) in [5.41, 5.74) is -2.10. The van der Waals surface area contributed by atoms with Crippen LogP contribution in [0.2, 0.25) is 5.02 Å². The van der Waals surface area contributed by atoms with E-state index in [1.807, 2.05) is 0 Å². The molecule has 4 aromatic carbocycles. The van der Waals surface area contributed by atoms with E-state index in [0.717, 1.165) is 25.3 Å². The Balaban J connectivity index is 1.69. The lowest BCUT2D eigenvalue weighted by Crippen LogP contribution is -2.59. The van der Waals surface area contributed by atoms with Crippen LogP contribution in [-0.2, 0) is 25.2 Å². The molecule has 0 spiro atoms. The number of benzene rings is 4. The van der Waals surface area contributed by atoms with Crippen molar-refractivity contribution in [1.82, 2.24) is 9.80 Å². The van der Waals surface area contributed by atoms with Crippen molar-refractivity contribution in [1.29, 1.82) is 0 Å². The van der Waals surface area contributed by atoms with Gasteiger partial charge in [0, 0.05) is 42.9 Å². The molecule has 0 aromatic heterocycles. The molecule has 17 heteroatoms. The van der Waals surface area contributed by atoms with E-state index < -0.39 is 62.6 Å². The van der Waals surface area contributed by atoms with Crippen LogP contribution in [0.5, 0.6) is 17.2 Å². The third kappa shape index (κ3) is 6.62. The number of ether oxygens (including phenoxy) is 3. The van der Waals surface area contributed by atoms with Gasteiger partial charge in [0.1, 0.15) is 22.5 Å². The number of rotatable bonds is 10. The Kier molecular flexibility index (Phi) is 10.4. The summed E-state index contributed by atoms with van der Waals surface area (Å²) in [7, 11) is 0.0768. The average Bonchev–Trinajstić information content (AvgIpc) is 3.64. The van der Waals surface area contributed by atoms with Crippen LogP contribution < -0.4 is 18.5 Å². The topological polar surface area (TPSA) is 146 Å². The van der Waals surface area contributed by atoms with Gasteiger partial charge in [0.25, 0.3) is 15.9 Å². The first-order chi connectivity index (χ1) is 25.4. The Bertz CT molecular complexity index is 2210. The van der Waals surface area contributed by atoms with Gasteiger partial charge < -0.3 is 29.3 Å². The number of sulfonamides is 1. The number of fused-ring (bicyclic) bond motifs is 1. The number of hydrogen-bond acceptors (Lipinski definition) is 10. The third-order valence-corrected chi connectivity index (χ3v) is 11.4. The molecular weight excluding hydrogens is 755 g/mol. The summed E-state index contributed by atoms with van der Waals surface area (Å²) in [5.74, 6) is -3.13. The van der Waals surface area contributed by atoms with Crippen LogP contribution in [0.3, 0.4) is 0 Å². The predicted octanol–water partition coefficient (Wildman–Crippen LogP) is 4.84. The van der Waals surface area contributed by atoms with E-state index >= 15 is 4.79 Å². The molecule has 2 heterocycles. The van der Waals surface area contributed by atoms with Crippen molar-refractivity contribution < 1.29 is 55.6 Å². The molecule has 0 bridgehead atoms. The second-order valence-electron chi connectivity index (χ2n) is 12.9. The lowest BCUT2D eigenvalue weighted by atomic mass is 9.79. The van der Waals surface area contributed by atoms with E-state index in [4.69, 9.17) is 21.1 Å². The monoisotopic (exact) mass is 789 g/mol. The van der Waals surface area contributed by atoms with E-state index in [2.05, 4.69) is 4.74 Å². The minimum atomic E-state index is -5.35. The zero-order valence-electron chi connectivity index (χ0n) is 29.2. The Morgan fingerprint density at radius 1 is 0.944 bits per heavy atom. The van der Waals surface area contributed by atoms with Crippen molar-refractivity contribution >= 4 is 39.1 Å². The number of carbonyl (C=O) groups is 2. The zero-order valence-corrected chi connectivity index (χ0v) is 30.8. The maximum Gasteiger partial charge on any atom is 0.573 e. The van der Waals surface area contributed by atoms with Gasteiger partial charge in [-0.3, -0.25) is 14.5 Å². The fourth-order valence-electron chi connectivity index (χ4n) is 7.13. The summed E-state index contributed by atoms with van der Waals surface area (Å²) < 4.78 is 86.0. The lowest BCUT2D eigenvalue weighted by Gasteiger charge is -2.42. The molecule has 1 fully saturated rings. The van der Waals surface area contributed by atoms with Crippen LogP contribution in [0.1, 0.15) is 34.8 Å². The average molecular weight is 790 g/mol. The summed E-state index contributed by atoms with van der Waals surface area (Å²) >= 11 is 6.56. The molecule has 4 aromatic rings. The summed E-state index contributed by atoms with van der Waals surface area (Å²) in [5, 5.41) is 22.7. The van der Waals surface area contributed by atoms with Crippen LogP contribution in [0.25, 0.3) is 0 Å². The van der Waals surface area contributed by atoms with E-state index in [1.165, 1.54) is 61.3 Å². The highest BCUT2D eigenvalue weighted by atomic mass is 35.5. The lowest BCUT2D eigenvalue weighted by molar-refractivity contribution is -0.275. The van der Waals surface area contributed by atoms with Gasteiger partial charge in [0.15, 0.2) is 11.3 Å². The number of nitrogens with zero attached hydrogens (tertiary/aromatic N) is 3. The van der Waals surface area contributed by atoms with Gasteiger partial charge in [-0.25, -0.2) is 12.7 Å². The second-order valence-corrected chi connectivity index (χ2v) is 15.1. The second kappa shape index (κ2) is 14.4. The summed E-state index contributed by atoms with van der Waals surface area (Å²) in [6.45, 7) is -0.352. The quantitative estimate of drug-likeness (QED) is 0.229. The zero-order chi connectivity index (χ0) is 39.3. The molecule has 1 saturated heterocycles. The molecule has 2 aliphatic heterocycles. The third-order valence-electron chi connectivity index (χ3n) is 9.44. The Labute approximate surface area is 313 Å². The first-order valence-corrected chi connectivity index (χ1v) is 18.2. The summed E-state index contributed by atoms with van der Waals surface area (Å²) in [4.78, 5) is 31.1. The Morgan fingerprint density at radius 2 is 1.65 bits per heavy atom. The van der Waals surface area contributed by atoms with E-state index in [0.29, 0.717) is 9.87 Å². The van der Waals surface area contributed by atoms with Crippen LogP contribution >= 0.6 is 11.6 Å². The molecular formula is C37H35ClF3N3O9S. The molecule has 4 atom stereocenters. The largest absolute Gasteiger partial charge is 0.573 e. The van der Waals surface area contributed by atoms with E-state index in [-0.39, 0.29) is 51.9 Å². The highest BCUT2D eigenvalue weighted by Crippen LogP contribution is 2.56. The number of likely N-dealkylation sites (N-methyl/N-ethyl adjacent to an activating group) is 1. The Morgan fingerprint density at radius 3 is 2.28 bits per heavy atom. The van der Waals surface area contributed by atoms with Crippen molar-refractivity contribution in [3.63, 3.8) is 0 Å². The smallest absolute Gasteiger partial charge is 0.497 e. The number of aliphatic hydroxyl groups is 2. The number of alkyl halides is 3. The van der Waals surface area contributed by atoms with Crippen LogP contribution in [0.4, 0.5) is 18.9 Å². The SMILES string of the molecule is COc1ccc(S(=O)(=O)N2C(=O)C(c3cc(C(O)c4ccccc4)ccc3OC)(N3C[C@H](O)C[C@H]3C(=O)N(C)C)c3cc(Cl)ccc32)c(OC(F)(F)F)c1. The minimum Gasteiger partial charge on any atom is -0.497 e. The molecule has 6 rings (SSSR count). The van der Waals surface area contributed by atoms with Crippen LogP contribution in [0.15, 0.2) is 89.8 Å². The standard InChI is InChI=1S/C37H35ClF3N3O9S/c1-42(2)34(47)29-18-24(45)20-43(29)36(27-16-22(10-14-30(27)52-4)33(46)21-8-6-5-7-9-21)26-17-23(38)11-13-28(26)44(35(36)48)54(49,50)32-15-12-25(51-3)19-31(32)53-37(39,40)41/h5-17,19,24,29,33,45-46H,18,20H2,1-4H3/t24-,29+,33?,36?/m1/s1. The number of carbonyl (C=O) groups excluding carboxylic acids is 2. The number of halogens is 4. The molecule has 2 N–H and O–H groups in total. The summed E-state index contributed by atoms with van der Waals surface area (Å²) in [6.07, 6.45) is -7.99. The molecule has 12 nitrogen and oxygen atoms in total. The first-order valence-electron chi connectivity index (χ1n) is 16.4. The highest BCUT2D eigenvalue weighted by Gasteiger charge is 2.64. The van der Waals surface area contributed by atoms with Crippen LogP contribution in [-0.4, -0.2) is 93.6 Å². The molecule has 286 valence electrons. The van der Waals surface area contributed by atoms with Gasteiger partial charge in [-0.2, -0.15) is 0 Å². The Hall–Kier alpha value is -4.87. The van der Waals surface area contributed by atoms with Crippen molar-refractivity contribution in [3.8, 4) is 17.2 Å². The minimum absolute atomic E-state index is 0.0144. The van der Waals surface area contributed by atoms with Crippen molar-refractivity contribution in [3.05, 3.63) is 112 Å². The predicted molar refractivity (Wildman–Crippen MR) is 190 cm³/mol. The summed E-state index contributed by atoms with van der Waals surface area (Å²) in [6, 6.07) is 18.2. The number of anilines is 1. The normalized spacial score (nSPS) is 20.8. The number of likely N-dealkylation sites (tertiary alicyclic amines) is 1. The van der Waals surface area contributed by atoms with Gasteiger partial charge in [0.2, 0.25) is 5.91 Å². The number of β-amino-alcohol motifs (C(OH)–C–C–N with tert-alkyl or cyclic N) is 1. The molecule has 2 amide bonds. The fourth-order valence-corrected chi connectivity index (χ4v) is 8.86. The molecule has 54 heavy (non-hydrogen) atoms. The number of amides is 2. The number of hydrogen-bond donors (Lipinski definition) is 2. The number of methoxy groups -OCH3 is 2. The maximum absolute atomic E-state index is 15.6. The van der Waals surface area contributed by atoms with Gasteiger partial charge in [-0.1, -0.05) is 48.0 Å². The van der Waals surface area contributed by atoms with E-state index in [1.54, 1.807) is 36.4 Å². The van der Waals surface area contributed by atoms with E-state index in [9.17, 15) is 36.6 Å². The van der Waals surface area contributed by atoms with Gasteiger partial charge >= 0.3 is 6.36 Å². The highest BCUT2D eigenvalue weighted by molar-refractivity contribution is 7.93. The van der Waals surface area contributed by atoms with Gasteiger partial charge in [0.05, 0.1) is 32.1 Å². The molecule has 2 aliphatic rings. The first kappa shape index (κ1) is 38.8. The van der Waals surface area contributed by atoms with Gasteiger partial charge in [-0.15, -0.1) is 13.2 Å². The molecule has 2 unspecified atom stereocenters.